The van der Waals surface area contributed by atoms with Crippen LogP contribution < -0.4 is 29.3 Å². The molecule has 0 saturated heterocycles. The molecule has 11 nitrogen and oxygen atoms in total. The molecule has 0 spiro atoms. The van der Waals surface area contributed by atoms with E-state index in [-0.39, 0.29) is 23.6 Å². The van der Waals surface area contributed by atoms with E-state index in [1.54, 1.807) is 48.5 Å². The van der Waals surface area contributed by atoms with Crippen molar-refractivity contribution in [3.05, 3.63) is 107 Å². The van der Waals surface area contributed by atoms with Crippen LogP contribution in [0.3, 0.4) is 0 Å². The van der Waals surface area contributed by atoms with Crippen molar-refractivity contribution in [3.63, 3.8) is 0 Å². The molecule has 248 valence electrons. The highest BCUT2D eigenvalue weighted by atomic mass is 16.5. The molecule has 0 bridgehead atoms. The third-order valence-electron chi connectivity index (χ3n) is 8.18. The molecular formula is C37H38N4O7. The van der Waals surface area contributed by atoms with Crippen LogP contribution in [0.2, 0.25) is 0 Å². The fraction of sp³-hybridized carbons (Fsp3) is 0.243. The van der Waals surface area contributed by atoms with E-state index in [4.69, 9.17) is 14.2 Å². The van der Waals surface area contributed by atoms with Gasteiger partial charge in [0.25, 0.3) is 17.6 Å². The van der Waals surface area contributed by atoms with Crippen LogP contribution >= 0.6 is 0 Å². The van der Waals surface area contributed by atoms with E-state index in [9.17, 15) is 19.2 Å². The number of Topliss-reactive ketones (excluding diaryl/α,β-unsaturated/α-hetero) is 1. The van der Waals surface area contributed by atoms with Crippen LogP contribution in [0.5, 0.6) is 17.2 Å². The highest BCUT2D eigenvalue weighted by Crippen LogP contribution is 2.41. The number of nitrogens with zero attached hydrogens (tertiary/aromatic N) is 3. The topological polar surface area (TPSA) is 118 Å². The highest BCUT2D eigenvalue weighted by molar-refractivity contribution is 6.52. The van der Waals surface area contributed by atoms with Gasteiger partial charge in [-0.05, 0) is 66.6 Å². The maximum atomic E-state index is 14.5. The number of carbonyl (C=O) groups excluding carboxylic acids is 4. The van der Waals surface area contributed by atoms with Gasteiger partial charge >= 0.3 is 0 Å². The highest BCUT2D eigenvalue weighted by Gasteiger charge is 2.40. The summed E-state index contributed by atoms with van der Waals surface area (Å²) in [7, 11) is 8.23. The van der Waals surface area contributed by atoms with Crippen molar-refractivity contribution in [3.8, 4) is 17.2 Å². The zero-order valence-electron chi connectivity index (χ0n) is 27.8. The number of fused-ring (bicyclic) bond motifs is 1. The molecule has 1 unspecified atom stereocenters. The van der Waals surface area contributed by atoms with Crippen LogP contribution in [0.4, 0.5) is 17.1 Å². The monoisotopic (exact) mass is 650 g/mol. The Morgan fingerprint density at radius 2 is 1.46 bits per heavy atom. The molecule has 0 radical (unpaired) electrons. The van der Waals surface area contributed by atoms with Crippen molar-refractivity contribution in [1.29, 1.82) is 0 Å². The first-order valence-corrected chi connectivity index (χ1v) is 15.2. The second kappa shape index (κ2) is 14.3. The van der Waals surface area contributed by atoms with E-state index in [1.807, 2.05) is 62.3 Å². The van der Waals surface area contributed by atoms with Crippen LogP contribution in [0.25, 0.3) is 0 Å². The Bertz CT molecular complexity index is 1810. The summed E-state index contributed by atoms with van der Waals surface area (Å²) in [5, 5.41) is 2.97. The molecule has 0 saturated carbocycles. The standard InChI is InChI=1S/C37H38N4O7/c1-23-11-13-24(14-12-23)21-41(32(42)22-40-29-10-8-7-9-28(29)34(43)37(40)45)33(25-19-30(46-4)35(48-6)31(20-25)47-5)36(44)38-26-15-17-27(18-16-26)39(2)3/h7-20,33H,21-22H2,1-6H3,(H,38,44). The normalized spacial score (nSPS) is 12.7. The number of ketones is 1. The Kier molecular flexibility index (Phi) is 9.98. The predicted octanol–water partition coefficient (Wildman–Crippen LogP) is 5.02. The second-order valence-corrected chi connectivity index (χ2v) is 11.5. The number of carbonyl (C=O) groups is 4. The summed E-state index contributed by atoms with van der Waals surface area (Å²) < 4.78 is 16.8. The number of rotatable bonds is 12. The van der Waals surface area contributed by atoms with Gasteiger partial charge in [-0.1, -0.05) is 42.0 Å². The number of para-hydroxylation sites is 1. The smallest absolute Gasteiger partial charge is 0.299 e. The van der Waals surface area contributed by atoms with Gasteiger partial charge in [-0.3, -0.25) is 24.1 Å². The largest absolute Gasteiger partial charge is 0.493 e. The van der Waals surface area contributed by atoms with Crippen LogP contribution in [-0.2, 0) is 20.9 Å². The minimum absolute atomic E-state index is 0.00501. The Morgan fingerprint density at radius 1 is 0.833 bits per heavy atom. The van der Waals surface area contributed by atoms with Crippen molar-refractivity contribution in [2.75, 3.05) is 57.1 Å². The zero-order chi connectivity index (χ0) is 34.5. The molecule has 4 aromatic carbocycles. The first kappa shape index (κ1) is 33.5. The van der Waals surface area contributed by atoms with Crippen LogP contribution in [0.1, 0.15) is 33.1 Å². The Morgan fingerprint density at radius 3 is 2.04 bits per heavy atom. The van der Waals surface area contributed by atoms with Gasteiger partial charge in [0, 0.05) is 32.0 Å². The molecule has 4 aromatic rings. The maximum absolute atomic E-state index is 14.5. The molecule has 3 amide bonds. The zero-order valence-corrected chi connectivity index (χ0v) is 27.8. The van der Waals surface area contributed by atoms with Crippen molar-refractivity contribution in [2.45, 2.75) is 19.5 Å². The van der Waals surface area contributed by atoms with E-state index < -0.39 is 36.1 Å². The first-order valence-electron chi connectivity index (χ1n) is 15.2. The number of aryl methyl sites for hydroxylation is 1. The van der Waals surface area contributed by atoms with Crippen molar-refractivity contribution < 1.29 is 33.4 Å². The van der Waals surface area contributed by atoms with Gasteiger partial charge < -0.3 is 29.3 Å². The molecule has 1 aliphatic heterocycles. The molecule has 0 fully saturated rings. The summed E-state index contributed by atoms with van der Waals surface area (Å²) in [5.41, 5.74) is 4.16. The minimum Gasteiger partial charge on any atom is -0.493 e. The van der Waals surface area contributed by atoms with Gasteiger partial charge in [-0.15, -0.1) is 0 Å². The summed E-state index contributed by atoms with van der Waals surface area (Å²) in [6, 6.07) is 23.4. The predicted molar refractivity (Wildman–Crippen MR) is 183 cm³/mol. The molecular weight excluding hydrogens is 612 g/mol. The molecule has 1 aliphatic rings. The molecule has 0 aromatic heterocycles. The van der Waals surface area contributed by atoms with Crippen molar-refractivity contribution >= 4 is 40.6 Å². The molecule has 5 rings (SSSR count). The summed E-state index contributed by atoms with van der Waals surface area (Å²) in [5.74, 6) is -1.69. The number of ether oxygens (including phenoxy) is 3. The Labute approximate surface area is 279 Å². The SMILES string of the molecule is COc1cc(C(C(=O)Nc2ccc(N(C)C)cc2)N(Cc2ccc(C)cc2)C(=O)CN2C(=O)C(=O)c3ccccc32)cc(OC)c1OC. The van der Waals surface area contributed by atoms with Crippen molar-refractivity contribution in [2.24, 2.45) is 0 Å². The second-order valence-electron chi connectivity index (χ2n) is 11.5. The van der Waals surface area contributed by atoms with Gasteiger partial charge in [0.2, 0.25) is 11.7 Å². The van der Waals surface area contributed by atoms with Gasteiger partial charge in [0.05, 0.1) is 32.6 Å². The maximum Gasteiger partial charge on any atom is 0.299 e. The lowest BCUT2D eigenvalue weighted by molar-refractivity contribution is -0.139. The summed E-state index contributed by atoms with van der Waals surface area (Å²) in [6.45, 7) is 1.48. The molecule has 48 heavy (non-hydrogen) atoms. The van der Waals surface area contributed by atoms with E-state index in [0.29, 0.717) is 22.7 Å². The third kappa shape index (κ3) is 6.80. The lowest BCUT2D eigenvalue weighted by Crippen LogP contribution is -2.46. The van der Waals surface area contributed by atoms with Gasteiger partial charge in [0.1, 0.15) is 12.6 Å². The fourth-order valence-corrected chi connectivity index (χ4v) is 5.63. The first-order chi connectivity index (χ1) is 23.1. The average Bonchev–Trinajstić information content (AvgIpc) is 3.33. The number of hydrogen-bond donors (Lipinski definition) is 1. The average molecular weight is 651 g/mol. The molecule has 1 heterocycles. The van der Waals surface area contributed by atoms with E-state index in [0.717, 1.165) is 21.7 Å². The van der Waals surface area contributed by atoms with Gasteiger partial charge in [0.15, 0.2) is 11.5 Å². The number of benzene rings is 4. The molecule has 0 aliphatic carbocycles. The van der Waals surface area contributed by atoms with Crippen molar-refractivity contribution in [1.82, 2.24) is 4.90 Å². The Hall–Kier alpha value is -5.84. The number of anilines is 3. The summed E-state index contributed by atoms with van der Waals surface area (Å²) in [4.78, 5) is 59.4. The minimum atomic E-state index is -1.25. The fourth-order valence-electron chi connectivity index (χ4n) is 5.63. The number of amides is 3. The van der Waals surface area contributed by atoms with Crippen LogP contribution in [0, 0.1) is 6.92 Å². The molecule has 1 N–H and O–H groups in total. The molecule has 11 heteroatoms. The third-order valence-corrected chi connectivity index (χ3v) is 8.18. The number of hydrogen-bond acceptors (Lipinski definition) is 8. The quantitative estimate of drug-likeness (QED) is 0.213. The van der Waals surface area contributed by atoms with Crippen LogP contribution in [0.15, 0.2) is 84.9 Å². The summed E-state index contributed by atoms with van der Waals surface area (Å²) in [6.07, 6.45) is 0. The number of methoxy groups -OCH3 is 3. The Balaban J connectivity index is 1.63. The van der Waals surface area contributed by atoms with Crippen LogP contribution in [-0.4, -0.2) is 70.4 Å². The van der Waals surface area contributed by atoms with E-state index >= 15 is 0 Å². The number of nitrogens with one attached hydrogen (secondary N) is 1. The van der Waals surface area contributed by atoms with E-state index in [1.165, 1.54) is 26.2 Å². The van der Waals surface area contributed by atoms with Gasteiger partial charge in [-0.25, -0.2) is 0 Å². The van der Waals surface area contributed by atoms with Gasteiger partial charge in [-0.2, -0.15) is 0 Å². The molecule has 1 atom stereocenters. The van der Waals surface area contributed by atoms with E-state index in [2.05, 4.69) is 5.32 Å². The lowest BCUT2D eigenvalue weighted by atomic mass is 10.0. The summed E-state index contributed by atoms with van der Waals surface area (Å²) >= 11 is 0. The lowest BCUT2D eigenvalue weighted by Gasteiger charge is -2.33.